The molecule has 0 bridgehead atoms. The van der Waals surface area contributed by atoms with E-state index in [0.717, 1.165) is 17.8 Å². The first kappa shape index (κ1) is 23.5. The number of nitrogens with zero attached hydrogens (tertiary/aromatic N) is 2. The minimum atomic E-state index is -4.72. The van der Waals surface area contributed by atoms with Crippen LogP contribution >= 0.6 is 24.0 Å². The van der Waals surface area contributed by atoms with Crippen molar-refractivity contribution in [3.05, 3.63) is 98.9 Å². The van der Waals surface area contributed by atoms with Crippen molar-refractivity contribution in [1.82, 2.24) is 0 Å². The van der Waals surface area contributed by atoms with Crippen LogP contribution in [-0.2, 0) is 11.0 Å². The number of carbonyl (C=O) groups is 1. The summed E-state index contributed by atoms with van der Waals surface area (Å²) in [5.41, 5.74) is -0.642. The van der Waals surface area contributed by atoms with Gasteiger partial charge < -0.3 is 4.74 Å². The summed E-state index contributed by atoms with van der Waals surface area (Å²) in [4.78, 5) is 25.0. The van der Waals surface area contributed by atoms with Crippen LogP contribution in [0.4, 0.5) is 24.5 Å². The largest absolute Gasteiger partial charge is 0.450 e. The number of rotatable bonds is 5. The molecule has 34 heavy (non-hydrogen) atoms. The Balaban J connectivity index is 1.53. The average molecular weight is 502 g/mol. The van der Waals surface area contributed by atoms with E-state index in [9.17, 15) is 28.1 Å². The number of thiocarbonyl (C=S) groups is 1. The molecule has 0 spiro atoms. The lowest BCUT2D eigenvalue weighted by Gasteiger charge is -2.13. The zero-order valence-corrected chi connectivity index (χ0v) is 18.6. The first-order valence-corrected chi connectivity index (χ1v) is 10.8. The summed E-state index contributed by atoms with van der Waals surface area (Å²) >= 11 is 6.49. The molecule has 0 radical (unpaired) electrons. The number of amides is 1. The van der Waals surface area contributed by atoms with Crippen LogP contribution in [0.1, 0.15) is 11.1 Å². The van der Waals surface area contributed by atoms with Crippen LogP contribution < -0.4 is 9.64 Å². The smallest absolute Gasteiger partial charge is 0.416 e. The number of halogens is 3. The molecule has 1 heterocycles. The Morgan fingerprint density at radius 2 is 1.71 bits per heavy atom. The number of nitro benzene ring substituents is 1. The normalized spacial score (nSPS) is 15.1. The first-order chi connectivity index (χ1) is 16.1. The molecule has 1 aliphatic heterocycles. The van der Waals surface area contributed by atoms with Crippen molar-refractivity contribution in [1.29, 1.82) is 0 Å². The second-order valence-electron chi connectivity index (χ2n) is 6.96. The molecule has 3 aromatic rings. The Morgan fingerprint density at radius 1 is 1.03 bits per heavy atom. The number of ether oxygens (including phenoxy) is 1. The summed E-state index contributed by atoms with van der Waals surface area (Å²) in [6, 6.07) is 17.2. The summed E-state index contributed by atoms with van der Waals surface area (Å²) < 4.78 is 44.5. The van der Waals surface area contributed by atoms with Gasteiger partial charge in [0.15, 0.2) is 4.32 Å². The van der Waals surface area contributed by atoms with Crippen LogP contribution in [0.5, 0.6) is 11.5 Å². The minimum absolute atomic E-state index is 0.178. The number of thioether (sulfide) groups is 1. The maximum atomic E-state index is 12.9. The quantitative estimate of drug-likeness (QED) is 0.165. The van der Waals surface area contributed by atoms with Gasteiger partial charge in [0.25, 0.3) is 5.91 Å². The molecule has 3 aromatic carbocycles. The van der Waals surface area contributed by atoms with Crippen molar-refractivity contribution in [3.63, 3.8) is 0 Å². The van der Waals surface area contributed by atoms with Crippen LogP contribution in [-0.4, -0.2) is 15.2 Å². The van der Waals surface area contributed by atoms with E-state index < -0.39 is 22.4 Å². The molecule has 4 rings (SSSR count). The van der Waals surface area contributed by atoms with Crippen LogP contribution in [0.25, 0.3) is 6.08 Å². The van der Waals surface area contributed by atoms with Crippen LogP contribution in [0, 0.1) is 10.1 Å². The number of carbonyl (C=O) groups excluding carboxylic acids is 1. The predicted octanol–water partition coefficient (Wildman–Crippen LogP) is 6.81. The molecule has 0 unspecified atom stereocenters. The second kappa shape index (κ2) is 9.27. The van der Waals surface area contributed by atoms with Gasteiger partial charge in [0.2, 0.25) is 5.75 Å². The third kappa shape index (κ3) is 4.95. The van der Waals surface area contributed by atoms with Crippen molar-refractivity contribution in [2.75, 3.05) is 4.90 Å². The van der Waals surface area contributed by atoms with Gasteiger partial charge in [0, 0.05) is 6.07 Å². The van der Waals surface area contributed by atoms with Gasteiger partial charge in [-0.3, -0.25) is 19.8 Å². The van der Waals surface area contributed by atoms with Crippen molar-refractivity contribution < 1.29 is 27.6 Å². The Hall–Kier alpha value is -3.70. The number of para-hydroxylation sites is 1. The highest BCUT2D eigenvalue weighted by Gasteiger charge is 2.34. The molecule has 1 fully saturated rings. The van der Waals surface area contributed by atoms with Crippen molar-refractivity contribution >= 4 is 51.7 Å². The zero-order valence-electron chi connectivity index (χ0n) is 17.0. The van der Waals surface area contributed by atoms with Gasteiger partial charge in [-0.05, 0) is 48.0 Å². The Bertz CT molecular complexity index is 1310. The van der Waals surface area contributed by atoms with E-state index in [-0.39, 0.29) is 17.4 Å². The van der Waals surface area contributed by atoms with E-state index in [4.69, 9.17) is 17.0 Å². The Morgan fingerprint density at radius 3 is 2.32 bits per heavy atom. The van der Waals surface area contributed by atoms with Gasteiger partial charge in [0.05, 0.1) is 21.1 Å². The molecule has 6 nitrogen and oxygen atoms in total. The predicted molar refractivity (Wildman–Crippen MR) is 127 cm³/mol. The van der Waals surface area contributed by atoms with Crippen LogP contribution in [0.15, 0.2) is 77.7 Å². The number of anilines is 1. The number of benzene rings is 3. The standard InChI is InChI=1S/C23H13F3N2O4S2/c24-23(25,26)15-8-11-19(18(13-15)28(30)31)32-17-9-6-14(7-10-17)12-20-21(29)27(22(33)34-20)16-4-2-1-3-5-16/h1-13H/b20-12+. The number of hydrogen-bond donors (Lipinski definition) is 0. The monoisotopic (exact) mass is 502 g/mol. The lowest BCUT2D eigenvalue weighted by atomic mass is 10.1. The lowest BCUT2D eigenvalue weighted by molar-refractivity contribution is -0.385. The molecule has 0 saturated carbocycles. The first-order valence-electron chi connectivity index (χ1n) is 9.60. The highest BCUT2D eigenvalue weighted by atomic mass is 32.2. The van der Waals surface area contributed by atoms with Crippen molar-refractivity contribution in [2.45, 2.75) is 6.18 Å². The molecule has 1 aliphatic rings. The summed E-state index contributed by atoms with van der Waals surface area (Å²) in [6.07, 6.45) is -3.07. The molecule has 0 aliphatic carbocycles. The third-order valence-electron chi connectivity index (χ3n) is 4.70. The number of hydrogen-bond acceptors (Lipinski definition) is 6. The molecular formula is C23H13F3N2O4S2. The van der Waals surface area contributed by atoms with E-state index in [2.05, 4.69) is 0 Å². The molecule has 172 valence electrons. The minimum Gasteiger partial charge on any atom is -0.450 e. The van der Waals surface area contributed by atoms with Gasteiger partial charge in [-0.1, -0.05) is 54.3 Å². The van der Waals surface area contributed by atoms with Gasteiger partial charge in [0.1, 0.15) is 5.75 Å². The fourth-order valence-electron chi connectivity index (χ4n) is 3.10. The molecule has 1 amide bonds. The molecule has 11 heteroatoms. The third-order valence-corrected chi connectivity index (χ3v) is 6.00. The van der Waals surface area contributed by atoms with Gasteiger partial charge >= 0.3 is 11.9 Å². The molecule has 0 atom stereocenters. The van der Waals surface area contributed by atoms with Gasteiger partial charge in [-0.15, -0.1) is 0 Å². The summed E-state index contributed by atoms with van der Waals surface area (Å²) in [5, 5.41) is 11.2. The molecule has 1 saturated heterocycles. The maximum absolute atomic E-state index is 12.9. The van der Waals surface area contributed by atoms with Gasteiger partial charge in [-0.25, -0.2) is 0 Å². The van der Waals surface area contributed by atoms with E-state index in [0.29, 0.717) is 32.6 Å². The van der Waals surface area contributed by atoms with Crippen LogP contribution in [0.2, 0.25) is 0 Å². The summed E-state index contributed by atoms with van der Waals surface area (Å²) in [7, 11) is 0. The maximum Gasteiger partial charge on any atom is 0.416 e. The SMILES string of the molecule is O=C1/C(=C\c2ccc(Oc3ccc(C(F)(F)F)cc3[N+](=O)[O-])cc2)SC(=S)N1c1ccccc1. The fraction of sp³-hybridized carbons (Fsp3) is 0.0435. The highest BCUT2D eigenvalue weighted by Crippen LogP contribution is 2.39. The zero-order chi connectivity index (χ0) is 24.5. The van der Waals surface area contributed by atoms with E-state index in [1.54, 1.807) is 42.5 Å². The van der Waals surface area contributed by atoms with Crippen molar-refractivity contribution in [3.8, 4) is 11.5 Å². The summed E-state index contributed by atoms with van der Waals surface area (Å²) in [6.45, 7) is 0. The Labute approximate surface area is 200 Å². The topological polar surface area (TPSA) is 72.7 Å². The van der Waals surface area contributed by atoms with E-state index >= 15 is 0 Å². The van der Waals surface area contributed by atoms with Crippen LogP contribution in [0.3, 0.4) is 0 Å². The van der Waals surface area contributed by atoms with Gasteiger partial charge in [-0.2, -0.15) is 13.2 Å². The highest BCUT2D eigenvalue weighted by molar-refractivity contribution is 8.27. The molecule has 0 N–H and O–H groups in total. The number of nitro groups is 1. The van der Waals surface area contributed by atoms with Crippen molar-refractivity contribution in [2.24, 2.45) is 0 Å². The number of alkyl halides is 3. The fourth-order valence-corrected chi connectivity index (χ4v) is 4.40. The lowest BCUT2D eigenvalue weighted by Crippen LogP contribution is -2.27. The van der Waals surface area contributed by atoms with E-state index in [1.807, 2.05) is 6.07 Å². The Kier molecular flexibility index (Phi) is 6.40. The second-order valence-corrected chi connectivity index (χ2v) is 8.64. The van der Waals surface area contributed by atoms with E-state index in [1.165, 1.54) is 17.0 Å². The molecular weight excluding hydrogens is 489 g/mol. The molecule has 0 aromatic heterocycles. The average Bonchev–Trinajstić information content (AvgIpc) is 3.07. The summed E-state index contributed by atoms with van der Waals surface area (Å²) in [5.74, 6) is -0.409.